The lowest BCUT2D eigenvalue weighted by Crippen LogP contribution is -2.04. The highest BCUT2D eigenvalue weighted by molar-refractivity contribution is 7.71. The zero-order chi connectivity index (χ0) is 15.1. The van der Waals surface area contributed by atoms with E-state index < -0.39 is 5.82 Å². The van der Waals surface area contributed by atoms with Gasteiger partial charge in [-0.3, -0.25) is 4.57 Å². The van der Waals surface area contributed by atoms with Crippen molar-refractivity contribution in [1.82, 2.24) is 19.3 Å². The molecule has 0 atom stereocenters. The van der Waals surface area contributed by atoms with Gasteiger partial charge in [0.15, 0.2) is 10.4 Å². The third kappa shape index (κ3) is 1.96. The Bertz CT molecular complexity index is 941. The van der Waals surface area contributed by atoms with E-state index in [-0.39, 0.29) is 5.56 Å². The molecule has 0 amide bonds. The first-order chi connectivity index (χ1) is 10.1. The lowest BCUT2D eigenvalue weighted by molar-refractivity contribution is 0.623. The van der Waals surface area contributed by atoms with Gasteiger partial charge in [0, 0.05) is 6.54 Å². The van der Waals surface area contributed by atoms with Crippen molar-refractivity contribution in [1.29, 1.82) is 5.26 Å². The van der Waals surface area contributed by atoms with Crippen LogP contribution in [0.25, 0.3) is 16.9 Å². The van der Waals surface area contributed by atoms with Crippen LogP contribution in [-0.2, 0) is 6.54 Å². The van der Waals surface area contributed by atoms with Gasteiger partial charge in [0.05, 0.1) is 16.9 Å². The molecule has 0 unspecified atom stereocenters. The van der Waals surface area contributed by atoms with Crippen LogP contribution in [0.3, 0.4) is 0 Å². The van der Waals surface area contributed by atoms with Crippen molar-refractivity contribution in [2.45, 2.75) is 20.4 Å². The SMILES string of the molecule is CCn1nc(C)c2[nH]c(=S)n(-c3ccc(F)c(C#N)c3)c21. The summed E-state index contributed by atoms with van der Waals surface area (Å²) in [7, 11) is 0. The fourth-order valence-corrected chi connectivity index (χ4v) is 2.69. The predicted molar refractivity (Wildman–Crippen MR) is 79.3 cm³/mol. The van der Waals surface area contributed by atoms with Gasteiger partial charge in [-0.05, 0) is 44.3 Å². The number of aromatic nitrogens is 4. The van der Waals surface area contributed by atoms with Gasteiger partial charge in [0.2, 0.25) is 0 Å². The fourth-order valence-electron chi connectivity index (χ4n) is 2.40. The molecule has 1 N–H and O–H groups in total. The van der Waals surface area contributed by atoms with Crippen molar-refractivity contribution < 1.29 is 4.39 Å². The molecule has 0 aliphatic carbocycles. The molecule has 0 aliphatic heterocycles. The van der Waals surface area contributed by atoms with Crippen LogP contribution < -0.4 is 0 Å². The molecule has 2 aromatic heterocycles. The minimum absolute atomic E-state index is 0.0111. The Hall–Kier alpha value is -2.46. The number of hydrogen-bond donors (Lipinski definition) is 1. The summed E-state index contributed by atoms with van der Waals surface area (Å²) in [4.78, 5) is 3.12. The third-order valence-electron chi connectivity index (χ3n) is 3.38. The number of nitriles is 1. The van der Waals surface area contributed by atoms with Crippen LogP contribution in [0, 0.1) is 28.8 Å². The standard InChI is InChI=1S/C14H12FN5S/c1-3-19-13-12(8(2)18-19)17-14(21)20(13)10-4-5-11(15)9(6-10)7-16/h4-6H,3H2,1-2H3,(H,17,21). The smallest absolute Gasteiger partial charge is 0.184 e. The van der Waals surface area contributed by atoms with Crippen LogP contribution in [-0.4, -0.2) is 19.3 Å². The maximum absolute atomic E-state index is 13.5. The second-order valence-corrected chi connectivity index (χ2v) is 5.03. The predicted octanol–water partition coefficient (Wildman–Crippen LogP) is 3.22. The Kier molecular flexibility index (Phi) is 3.11. The molecule has 0 radical (unpaired) electrons. The molecule has 2 heterocycles. The molecule has 21 heavy (non-hydrogen) atoms. The average Bonchev–Trinajstić information content (AvgIpc) is 2.96. The fraction of sp³-hybridized carbons (Fsp3) is 0.214. The molecule has 0 saturated carbocycles. The molecule has 0 aliphatic rings. The van der Waals surface area contributed by atoms with Gasteiger partial charge in [-0.25, -0.2) is 9.07 Å². The van der Waals surface area contributed by atoms with E-state index in [0.717, 1.165) is 16.9 Å². The summed E-state index contributed by atoms with van der Waals surface area (Å²) in [5.41, 5.74) is 3.14. The highest BCUT2D eigenvalue weighted by atomic mass is 32.1. The van der Waals surface area contributed by atoms with Crippen LogP contribution in [0.4, 0.5) is 4.39 Å². The summed E-state index contributed by atoms with van der Waals surface area (Å²) in [6.45, 7) is 4.57. The molecule has 1 aromatic carbocycles. The first-order valence-corrected chi connectivity index (χ1v) is 6.85. The molecular formula is C14H12FN5S. The van der Waals surface area contributed by atoms with Crippen LogP contribution >= 0.6 is 12.2 Å². The van der Waals surface area contributed by atoms with Crippen LogP contribution in [0.2, 0.25) is 0 Å². The molecule has 0 bridgehead atoms. The number of aromatic amines is 1. The summed E-state index contributed by atoms with van der Waals surface area (Å²) in [5.74, 6) is -0.542. The van der Waals surface area contributed by atoms with E-state index in [1.54, 1.807) is 10.6 Å². The molecule has 5 nitrogen and oxygen atoms in total. The number of nitrogens with one attached hydrogen (secondary N) is 1. The van der Waals surface area contributed by atoms with Crippen molar-refractivity contribution in [2.75, 3.05) is 0 Å². The molecule has 3 aromatic rings. The quantitative estimate of drug-likeness (QED) is 0.739. The van der Waals surface area contributed by atoms with E-state index in [1.165, 1.54) is 12.1 Å². The Balaban J connectivity index is 2.37. The first-order valence-electron chi connectivity index (χ1n) is 6.45. The number of hydrogen-bond acceptors (Lipinski definition) is 3. The summed E-state index contributed by atoms with van der Waals surface area (Å²) in [6.07, 6.45) is 0. The lowest BCUT2D eigenvalue weighted by Gasteiger charge is -2.07. The number of fused-ring (bicyclic) bond motifs is 1. The van der Waals surface area contributed by atoms with Gasteiger partial charge < -0.3 is 4.98 Å². The zero-order valence-corrected chi connectivity index (χ0v) is 12.3. The van der Waals surface area contributed by atoms with E-state index in [4.69, 9.17) is 17.5 Å². The highest BCUT2D eigenvalue weighted by Crippen LogP contribution is 2.23. The van der Waals surface area contributed by atoms with Crippen molar-refractivity contribution in [3.63, 3.8) is 0 Å². The average molecular weight is 301 g/mol. The van der Waals surface area contributed by atoms with Gasteiger partial charge in [-0.1, -0.05) is 0 Å². The van der Waals surface area contributed by atoms with E-state index in [1.807, 2.05) is 24.6 Å². The number of rotatable bonds is 2. The second kappa shape index (κ2) is 4.82. The van der Waals surface area contributed by atoms with Gasteiger partial charge in [0.25, 0.3) is 0 Å². The molecule has 0 spiro atoms. The van der Waals surface area contributed by atoms with Gasteiger partial charge in [0.1, 0.15) is 17.4 Å². The van der Waals surface area contributed by atoms with Crippen LogP contribution in [0.1, 0.15) is 18.2 Å². The maximum atomic E-state index is 13.5. The molecular weight excluding hydrogens is 289 g/mol. The van der Waals surface area contributed by atoms with Crippen LogP contribution in [0.15, 0.2) is 18.2 Å². The van der Waals surface area contributed by atoms with E-state index >= 15 is 0 Å². The molecule has 106 valence electrons. The third-order valence-corrected chi connectivity index (χ3v) is 3.66. The number of halogens is 1. The molecule has 0 saturated heterocycles. The van der Waals surface area contributed by atoms with Crippen LogP contribution in [0.5, 0.6) is 0 Å². The van der Waals surface area contributed by atoms with Crippen molar-refractivity contribution >= 4 is 23.4 Å². The minimum atomic E-state index is -0.542. The maximum Gasteiger partial charge on any atom is 0.184 e. The largest absolute Gasteiger partial charge is 0.327 e. The Morgan fingerprint density at radius 1 is 1.48 bits per heavy atom. The number of aryl methyl sites for hydroxylation is 2. The van der Waals surface area contributed by atoms with Crippen molar-refractivity contribution in [3.8, 4) is 11.8 Å². The van der Waals surface area contributed by atoms with Gasteiger partial charge >= 0.3 is 0 Å². The molecule has 3 rings (SSSR count). The monoisotopic (exact) mass is 301 g/mol. The Morgan fingerprint density at radius 3 is 2.90 bits per heavy atom. The van der Waals surface area contributed by atoms with Gasteiger partial charge in [-0.2, -0.15) is 10.4 Å². The topological polar surface area (TPSA) is 62.3 Å². The molecule has 0 fully saturated rings. The summed E-state index contributed by atoms with van der Waals surface area (Å²) >= 11 is 5.36. The van der Waals surface area contributed by atoms with Crippen molar-refractivity contribution in [3.05, 3.63) is 40.0 Å². The second-order valence-electron chi connectivity index (χ2n) is 4.64. The Morgan fingerprint density at radius 2 is 2.24 bits per heavy atom. The minimum Gasteiger partial charge on any atom is -0.327 e. The van der Waals surface area contributed by atoms with E-state index in [2.05, 4.69) is 10.1 Å². The normalized spacial score (nSPS) is 11.0. The summed E-state index contributed by atoms with van der Waals surface area (Å²) < 4.78 is 17.6. The van der Waals surface area contributed by atoms with E-state index in [0.29, 0.717) is 17.0 Å². The highest BCUT2D eigenvalue weighted by Gasteiger charge is 2.16. The molecule has 7 heteroatoms. The number of nitrogens with zero attached hydrogens (tertiary/aromatic N) is 4. The summed E-state index contributed by atoms with van der Waals surface area (Å²) in [6, 6.07) is 6.20. The zero-order valence-electron chi connectivity index (χ0n) is 11.5. The number of imidazole rings is 1. The number of H-pyrrole nitrogens is 1. The Labute approximate surface area is 125 Å². The van der Waals surface area contributed by atoms with Gasteiger partial charge in [-0.15, -0.1) is 0 Å². The lowest BCUT2D eigenvalue weighted by atomic mass is 10.2. The first kappa shape index (κ1) is 13.5. The number of benzene rings is 1. The van der Waals surface area contributed by atoms with Crippen molar-refractivity contribution in [2.24, 2.45) is 0 Å². The summed E-state index contributed by atoms with van der Waals surface area (Å²) in [5, 5.41) is 13.4. The van der Waals surface area contributed by atoms with E-state index in [9.17, 15) is 4.39 Å².